The fourth-order valence-corrected chi connectivity index (χ4v) is 3.12. The lowest BCUT2D eigenvalue weighted by Crippen LogP contribution is -2.39. The van der Waals surface area contributed by atoms with Crippen LogP contribution in [0, 0.1) is 5.82 Å². The molecule has 2 rings (SSSR count). The maximum absolute atomic E-state index is 13.8. The summed E-state index contributed by atoms with van der Waals surface area (Å²) in [6, 6.07) is 12.6. The second-order valence-electron chi connectivity index (χ2n) is 6.56. The topological polar surface area (TPSA) is 56.7 Å². The third kappa shape index (κ3) is 8.30. The molecule has 158 valence electrons. The van der Waals surface area contributed by atoms with Gasteiger partial charge in [-0.15, -0.1) is 24.0 Å². The number of carbonyl (C=O) groups is 1. The third-order valence-corrected chi connectivity index (χ3v) is 4.70. The molecule has 0 aromatic heterocycles. The van der Waals surface area contributed by atoms with Gasteiger partial charge >= 0.3 is 0 Å². The van der Waals surface area contributed by atoms with Crippen LogP contribution in [-0.2, 0) is 12.8 Å². The molecule has 0 bridgehead atoms. The first-order valence-corrected chi connectivity index (χ1v) is 9.89. The Labute approximate surface area is 197 Å². The molecule has 0 heterocycles. The van der Waals surface area contributed by atoms with Crippen molar-refractivity contribution in [2.24, 2.45) is 4.99 Å². The van der Waals surface area contributed by atoms with Crippen LogP contribution in [0.15, 0.2) is 51.9 Å². The number of nitrogens with one attached hydrogen (secondary N) is 2. The summed E-state index contributed by atoms with van der Waals surface area (Å²) in [5.74, 6) is 0.447. The molecule has 2 aromatic rings. The Bertz CT molecular complexity index is 845. The Balaban J connectivity index is 0.00000420. The Hall–Kier alpha value is -1.68. The van der Waals surface area contributed by atoms with Crippen molar-refractivity contribution in [3.05, 3.63) is 69.4 Å². The first kappa shape index (κ1) is 25.4. The summed E-state index contributed by atoms with van der Waals surface area (Å²) in [4.78, 5) is 17.8. The number of guanidine groups is 1. The fourth-order valence-electron chi connectivity index (χ4n) is 2.71. The standard InChI is InChI=1S/C21H26BrFN4O.HI/c1-24-21(26-12-10-16-14-18(22)7-8-19(16)23)25-11-9-15-5-4-6-17(13-15)20(28)27(2)3;/h4-8,13-14H,9-12H2,1-3H3,(H2,24,25,26);1H. The molecule has 2 N–H and O–H groups in total. The summed E-state index contributed by atoms with van der Waals surface area (Å²) in [6.45, 7) is 1.24. The summed E-state index contributed by atoms with van der Waals surface area (Å²) in [7, 11) is 5.18. The Morgan fingerprint density at radius 2 is 1.79 bits per heavy atom. The molecule has 0 radical (unpaired) electrons. The third-order valence-electron chi connectivity index (χ3n) is 4.20. The Kier molecular flexibility index (Phi) is 11.2. The van der Waals surface area contributed by atoms with Gasteiger partial charge in [0.1, 0.15) is 5.82 Å². The number of carbonyl (C=O) groups excluding carboxylic acids is 1. The lowest BCUT2D eigenvalue weighted by Gasteiger charge is -2.13. The van der Waals surface area contributed by atoms with E-state index in [2.05, 4.69) is 31.6 Å². The molecule has 0 aliphatic carbocycles. The minimum Gasteiger partial charge on any atom is -0.356 e. The maximum Gasteiger partial charge on any atom is 0.253 e. The van der Waals surface area contributed by atoms with Crippen molar-refractivity contribution in [3.8, 4) is 0 Å². The Morgan fingerprint density at radius 1 is 1.10 bits per heavy atom. The smallest absolute Gasteiger partial charge is 0.253 e. The lowest BCUT2D eigenvalue weighted by molar-refractivity contribution is 0.0827. The molecule has 0 atom stereocenters. The van der Waals surface area contributed by atoms with Crippen molar-refractivity contribution in [2.75, 3.05) is 34.2 Å². The van der Waals surface area contributed by atoms with Crippen molar-refractivity contribution in [3.63, 3.8) is 0 Å². The Morgan fingerprint density at radius 3 is 2.45 bits per heavy atom. The molecular weight excluding hydrogens is 550 g/mol. The van der Waals surface area contributed by atoms with Gasteiger partial charge < -0.3 is 15.5 Å². The minimum absolute atomic E-state index is 0. The van der Waals surface area contributed by atoms with E-state index in [0.29, 0.717) is 36.6 Å². The highest BCUT2D eigenvalue weighted by Gasteiger charge is 2.08. The summed E-state index contributed by atoms with van der Waals surface area (Å²) in [6.07, 6.45) is 1.32. The van der Waals surface area contributed by atoms with Crippen molar-refractivity contribution in [1.29, 1.82) is 0 Å². The number of aliphatic imine (C=N–C) groups is 1. The molecule has 0 saturated heterocycles. The van der Waals surface area contributed by atoms with Gasteiger partial charge in [-0.1, -0.05) is 28.1 Å². The number of benzene rings is 2. The van der Waals surface area contributed by atoms with Crippen LogP contribution in [0.2, 0.25) is 0 Å². The number of halogens is 3. The predicted molar refractivity (Wildman–Crippen MR) is 131 cm³/mol. The number of amides is 1. The van der Waals surface area contributed by atoms with E-state index in [4.69, 9.17) is 0 Å². The molecule has 1 amide bonds. The van der Waals surface area contributed by atoms with E-state index in [1.807, 2.05) is 24.3 Å². The van der Waals surface area contributed by atoms with Gasteiger partial charge in [-0.05, 0) is 54.3 Å². The van der Waals surface area contributed by atoms with Gasteiger partial charge in [0, 0.05) is 44.3 Å². The highest BCUT2D eigenvalue weighted by molar-refractivity contribution is 14.0. The maximum atomic E-state index is 13.8. The van der Waals surface area contributed by atoms with E-state index in [1.54, 1.807) is 38.2 Å². The van der Waals surface area contributed by atoms with Gasteiger partial charge in [-0.3, -0.25) is 9.79 Å². The SMILES string of the molecule is CN=C(NCCc1cccc(C(=O)N(C)C)c1)NCCc1cc(Br)ccc1F.I. The van der Waals surface area contributed by atoms with Crippen LogP contribution in [-0.4, -0.2) is 51.0 Å². The number of hydrogen-bond acceptors (Lipinski definition) is 2. The largest absolute Gasteiger partial charge is 0.356 e. The first-order chi connectivity index (χ1) is 13.4. The molecule has 2 aromatic carbocycles. The van der Waals surface area contributed by atoms with Crippen LogP contribution in [0.5, 0.6) is 0 Å². The van der Waals surface area contributed by atoms with E-state index in [0.717, 1.165) is 16.5 Å². The minimum atomic E-state index is -0.208. The molecular formula is C21H27BrFIN4O. The molecule has 8 heteroatoms. The highest BCUT2D eigenvalue weighted by Crippen LogP contribution is 2.15. The van der Waals surface area contributed by atoms with Gasteiger partial charge in [0.25, 0.3) is 5.91 Å². The van der Waals surface area contributed by atoms with Gasteiger partial charge in [-0.25, -0.2) is 4.39 Å². The summed E-state index contributed by atoms with van der Waals surface area (Å²) < 4.78 is 14.6. The molecule has 0 fully saturated rings. The number of hydrogen-bond donors (Lipinski definition) is 2. The van der Waals surface area contributed by atoms with Crippen LogP contribution in [0.1, 0.15) is 21.5 Å². The summed E-state index contributed by atoms with van der Waals surface area (Å²) in [5.41, 5.74) is 2.41. The first-order valence-electron chi connectivity index (χ1n) is 9.09. The van der Waals surface area contributed by atoms with Crippen LogP contribution in [0.3, 0.4) is 0 Å². The van der Waals surface area contributed by atoms with Crippen molar-refractivity contribution in [2.45, 2.75) is 12.8 Å². The van der Waals surface area contributed by atoms with Crippen LogP contribution in [0.4, 0.5) is 4.39 Å². The zero-order chi connectivity index (χ0) is 20.5. The van der Waals surface area contributed by atoms with E-state index >= 15 is 0 Å². The molecule has 0 aliphatic heterocycles. The van der Waals surface area contributed by atoms with Crippen LogP contribution in [0.25, 0.3) is 0 Å². The van der Waals surface area contributed by atoms with E-state index < -0.39 is 0 Å². The van der Waals surface area contributed by atoms with Gasteiger partial charge in [0.15, 0.2) is 5.96 Å². The average Bonchev–Trinajstić information content (AvgIpc) is 2.68. The molecule has 0 aliphatic rings. The second kappa shape index (κ2) is 12.8. The van der Waals surface area contributed by atoms with Crippen molar-refractivity contribution < 1.29 is 9.18 Å². The van der Waals surface area contributed by atoms with E-state index in [-0.39, 0.29) is 35.7 Å². The van der Waals surface area contributed by atoms with Gasteiger partial charge in [-0.2, -0.15) is 0 Å². The molecule has 5 nitrogen and oxygen atoms in total. The highest BCUT2D eigenvalue weighted by atomic mass is 127. The quantitative estimate of drug-likeness (QED) is 0.299. The number of nitrogens with zero attached hydrogens (tertiary/aromatic N) is 2. The molecule has 0 saturated carbocycles. The van der Waals surface area contributed by atoms with E-state index in [9.17, 15) is 9.18 Å². The lowest BCUT2D eigenvalue weighted by atomic mass is 10.1. The van der Waals surface area contributed by atoms with Crippen LogP contribution < -0.4 is 10.6 Å². The second-order valence-corrected chi connectivity index (χ2v) is 7.48. The molecule has 0 spiro atoms. The number of rotatable bonds is 7. The van der Waals surface area contributed by atoms with Crippen molar-refractivity contribution >= 4 is 51.8 Å². The van der Waals surface area contributed by atoms with Crippen molar-refractivity contribution in [1.82, 2.24) is 15.5 Å². The predicted octanol–water partition coefficient (Wildman–Crippen LogP) is 3.86. The average molecular weight is 577 g/mol. The summed E-state index contributed by atoms with van der Waals surface area (Å²) >= 11 is 3.36. The van der Waals surface area contributed by atoms with Gasteiger partial charge in [0.2, 0.25) is 0 Å². The monoisotopic (exact) mass is 576 g/mol. The molecule has 29 heavy (non-hydrogen) atoms. The zero-order valence-electron chi connectivity index (χ0n) is 16.8. The zero-order valence-corrected chi connectivity index (χ0v) is 20.8. The van der Waals surface area contributed by atoms with Crippen LogP contribution >= 0.6 is 39.9 Å². The molecule has 0 unspecified atom stereocenters. The normalized spacial score (nSPS) is 10.9. The summed E-state index contributed by atoms with van der Waals surface area (Å²) in [5, 5.41) is 6.43. The fraction of sp³-hybridized carbons (Fsp3) is 0.333. The van der Waals surface area contributed by atoms with E-state index in [1.165, 1.54) is 6.07 Å². The van der Waals surface area contributed by atoms with Gasteiger partial charge in [0.05, 0.1) is 0 Å².